The van der Waals surface area contributed by atoms with Crippen LogP contribution in [0.25, 0.3) is 28.1 Å². The minimum absolute atomic E-state index is 0.153. The summed E-state index contributed by atoms with van der Waals surface area (Å²) in [6.07, 6.45) is 1.77. The van der Waals surface area contributed by atoms with Crippen LogP contribution in [-0.2, 0) is 0 Å². The average Bonchev–Trinajstić information content (AvgIpc) is 2.73. The summed E-state index contributed by atoms with van der Waals surface area (Å²) in [6, 6.07) is 11.5. The number of aliphatic hydroxyl groups is 1. The Labute approximate surface area is 165 Å². The van der Waals surface area contributed by atoms with Crippen LogP contribution in [0.5, 0.6) is 0 Å². The van der Waals surface area contributed by atoms with E-state index in [1.807, 2.05) is 6.92 Å². The summed E-state index contributed by atoms with van der Waals surface area (Å²) < 4.78 is 42.5. The van der Waals surface area contributed by atoms with E-state index in [4.69, 9.17) is 0 Å². The molecule has 3 nitrogen and oxygen atoms in total. The van der Waals surface area contributed by atoms with Crippen LogP contribution in [0, 0.1) is 12.7 Å². The van der Waals surface area contributed by atoms with Gasteiger partial charge in [0.25, 0.3) is 0 Å². The molecule has 0 radical (unpaired) electrons. The van der Waals surface area contributed by atoms with Gasteiger partial charge in [-0.1, -0.05) is 36.4 Å². The molecule has 0 saturated carbocycles. The summed E-state index contributed by atoms with van der Waals surface area (Å²) >= 11 is 0. The molecule has 0 bridgehead atoms. The number of aryl methyl sites for hydroxylation is 1. The average molecular weight is 394 g/mol. The van der Waals surface area contributed by atoms with Crippen LogP contribution in [0.1, 0.15) is 11.1 Å². The van der Waals surface area contributed by atoms with Gasteiger partial charge in [-0.15, -0.1) is 0 Å². The highest BCUT2D eigenvalue weighted by Gasteiger charge is 2.31. The van der Waals surface area contributed by atoms with Crippen molar-refractivity contribution >= 4 is 5.57 Å². The van der Waals surface area contributed by atoms with Crippen molar-refractivity contribution in [2.75, 3.05) is 0 Å². The van der Waals surface area contributed by atoms with Crippen LogP contribution < -0.4 is 0 Å². The molecular weight excluding hydrogens is 377 g/mol. The number of hydrogen-bond donors (Lipinski definition) is 1. The summed E-state index contributed by atoms with van der Waals surface area (Å²) in [5.74, 6) is -0.758. The van der Waals surface area contributed by atoms with Gasteiger partial charge in [-0.25, -0.2) is 23.1 Å². The molecule has 2 aromatic carbocycles. The van der Waals surface area contributed by atoms with E-state index in [1.165, 1.54) is 12.1 Å². The van der Waals surface area contributed by atoms with Crippen LogP contribution in [0.2, 0.25) is 0 Å². The van der Waals surface area contributed by atoms with E-state index in [1.54, 1.807) is 48.8 Å². The molecule has 1 aliphatic rings. The minimum Gasteiger partial charge on any atom is -0.509 e. The van der Waals surface area contributed by atoms with Crippen molar-refractivity contribution in [1.82, 2.24) is 9.97 Å². The maximum atomic E-state index is 14.6. The highest BCUT2D eigenvalue weighted by Crippen LogP contribution is 2.33. The van der Waals surface area contributed by atoms with Gasteiger partial charge in [0, 0.05) is 12.4 Å². The molecule has 0 fully saturated rings. The van der Waals surface area contributed by atoms with Gasteiger partial charge >= 0.3 is 0 Å². The number of aliphatic hydroxyl groups excluding tert-OH is 1. The first-order valence-electron chi connectivity index (χ1n) is 9.02. The second-order valence-corrected chi connectivity index (χ2v) is 6.87. The van der Waals surface area contributed by atoms with E-state index in [2.05, 4.69) is 9.97 Å². The zero-order chi connectivity index (χ0) is 20.5. The largest absolute Gasteiger partial charge is 0.509 e. The highest BCUT2D eigenvalue weighted by atomic mass is 19.2. The summed E-state index contributed by atoms with van der Waals surface area (Å²) in [6.45, 7) is 1.86. The van der Waals surface area contributed by atoms with Crippen molar-refractivity contribution in [2.24, 2.45) is 0 Å². The zero-order valence-corrected chi connectivity index (χ0v) is 15.5. The second-order valence-electron chi connectivity index (χ2n) is 6.87. The molecule has 1 aliphatic carbocycles. The Balaban J connectivity index is 1.61. The van der Waals surface area contributed by atoms with Crippen LogP contribution in [-0.4, -0.2) is 27.4 Å². The van der Waals surface area contributed by atoms with E-state index in [0.29, 0.717) is 22.5 Å². The predicted octanol–water partition coefficient (Wildman–Crippen LogP) is 5.77. The van der Waals surface area contributed by atoms with Gasteiger partial charge in [0.2, 0.25) is 0 Å². The van der Waals surface area contributed by atoms with Crippen molar-refractivity contribution in [3.05, 3.63) is 89.7 Å². The van der Waals surface area contributed by atoms with Crippen molar-refractivity contribution in [2.45, 2.75) is 19.3 Å². The Morgan fingerprint density at radius 1 is 0.828 bits per heavy atom. The number of nitrogens with zero attached hydrogens (tertiary/aromatic N) is 2. The number of alkyl halides is 2. The Kier molecular flexibility index (Phi) is 4.92. The first-order valence-corrected chi connectivity index (χ1v) is 9.02. The van der Waals surface area contributed by atoms with Crippen LogP contribution >= 0.6 is 0 Å². The van der Waals surface area contributed by atoms with E-state index in [0.717, 1.165) is 17.2 Å². The molecule has 0 spiro atoms. The minimum atomic E-state index is -2.07. The number of rotatable bonds is 3. The molecule has 4 rings (SSSR count). The maximum absolute atomic E-state index is 14.6. The monoisotopic (exact) mass is 394 g/mol. The summed E-state index contributed by atoms with van der Waals surface area (Å²) in [7, 11) is 0. The number of halogens is 3. The molecule has 29 heavy (non-hydrogen) atoms. The summed E-state index contributed by atoms with van der Waals surface area (Å²) in [4.78, 5) is 8.30. The third-order valence-electron chi connectivity index (χ3n) is 4.81. The number of benzene rings is 2. The van der Waals surface area contributed by atoms with Crippen molar-refractivity contribution in [1.29, 1.82) is 0 Å². The summed E-state index contributed by atoms with van der Waals surface area (Å²) in [5.41, 5.74) is 3.21. The second kappa shape index (κ2) is 7.54. The number of allylic oxidation sites excluding steroid dienone is 4. The standard InChI is InChI=1S/C23H17F3N2O/c1-13-11-27-23(28-12-13)18-7-6-16(10-19(18)24)14-2-4-15(5-3-14)17-8-9-20(29)22(26)21(17)25/h2-12,21-22,29H,1H3. The van der Waals surface area contributed by atoms with Crippen LogP contribution in [0.3, 0.4) is 0 Å². The smallest absolute Gasteiger partial charge is 0.192 e. The van der Waals surface area contributed by atoms with Gasteiger partial charge in [-0.3, -0.25) is 0 Å². The van der Waals surface area contributed by atoms with Gasteiger partial charge in [0.1, 0.15) is 11.6 Å². The lowest BCUT2D eigenvalue weighted by Crippen LogP contribution is -2.23. The van der Waals surface area contributed by atoms with Crippen molar-refractivity contribution < 1.29 is 18.3 Å². The third kappa shape index (κ3) is 3.66. The zero-order valence-electron chi connectivity index (χ0n) is 15.5. The Bertz CT molecular complexity index is 1110. The first-order chi connectivity index (χ1) is 13.9. The van der Waals surface area contributed by atoms with Crippen molar-refractivity contribution in [3.8, 4) is 22.5 Å². The first kappa shape index (κ1) is 18.9. The molecule has 0 aliphatic heterocycles. The third-order valence-corrected chi connectivity index (χ3v) is 4.81. The maximum Gasteiger partial charge on any atom is 0.192 e. The lowest BCUT2D eigenvalue weighted by atomic mass is 9.92. The molecule has 146 valence electrons. The van der Waals surface area contributed by atoms with Crippen LogP contribution in [0.15, 0.2) is 72.8 Å². The Morgan fingerprint density at radius 3 is 2.10 bits per heavy atom. The molecule has 1 aromatic heterocycles. The Hall–Kier alpha value is -3.41. The molecule has 0 saturated heterocycles. The van der Waals surface area contributed by atoms with E-state index in [9.17, 15) is 18.3 Å². The normalized spacial score (nSPS) is 18.9. The SMILES string of the molecule is Cc1cnc(-c2ccc(-c3ccc(C4=CC=C(O)C(F)C4F)cc3)cc2F)nc1. The molecular formula is C23H17F3N2O. The number of hydrogen-bond acceptors (Lipinski definition) is 3. The molecule has 6 heteroatoms. The fraction of sp³-hybridized carbons (Fsp3) is 0.130. The molecule has 2 unspecified atom stereocenters. The van der Waals surface area contributed by atoms with E-state index < -0.39 is 23.9 Å². The van der Waals surface area contributed by atoms with E-state index >= 15 is 0 Å². The van der Waals surface area contributed by atoms with Gasteiger partial charge in [0.05, 0.1) is 5.56 Å². The fourth-order valence-corrected chi connectivity index (χ4v) is 3.18. The van der Waals surface area contributed by atoms with Gasteiger partial charge in [-0.05, 0) is 53.0 Å². The topological polar surface area (TPSA) is 46.0 Å². The van der Waals surface area contributed by atoms with E-state index in [-0.39, 0.29) is 5.57 Å². The molecule has 2 atom stereocenters. The number of aromatic nitrogens is 2. The fourth-order valence-electron chi connectivity index (χ4n) is 3.18. The Morgan fingerprint density at radius 2 is 1.45 bits per heavy atom. The van der Waals surface area contributed by atoms with Crippen LogP contribution in [0.4, 0.5) is 13.2 Å². The lowest BCUT2D eigenvalue weighted by molar-refractivity contribution is 0.181. The predicted molar refractivity (Wildman–Crippen MR) is 106 cm³/mol. The molecule has 1 heterocycles. The molecule has 1 N–H and O–H groups in total. The molecule has 3 aromatic rings. The quantitative estimate of drug-likeness (QED) is 0.613. The lowest BCUT2D eigenvalue weighted by Gasteiger charge is -2.20. The molecule has 0 amide bonds. The van der Waals surface area contributed by atoms with Gasteiger partial charge < -0.3 is 5.11 Å². The van der Waals surface area contributed by atoms with Gasteiger partial charge in [0.15, 0.2) is 18.2 Å². The summed E-state index contributed by atoms with van der Waals surface area (Å²) in [5, 5.41) is 9.31. The van der Waals surface area contributed by atoms with Gasteiger partial charge in [-0.2, -0.15) is 0 Å². The highest BCUT2D eigenvalue weighted by molar-refractivity contribution is 5.75. The van der Waals surface area contributed by atoms with Crippen molar-refractivity contribution in [3.63, 3.8) is 0 Å².